The van der Waals surface area contributed by atoms with Crippen LogP contribution in [0.15, 0.2) is 45.3 Å². The molecule has 20 heavy (non-hydrogen) atoms. The predicted octanol–water partition coefficient (Wildman–Crippen LogP) is 3.74. The van der Waals surface area contributed by atoms with E-state index in [1.165, 1.54) is 5.56 Å². The monoisotopic (exact) mass is 336 g/mol. The molecule has 0 saturated carbocycles. The lowest BCUT2D eigenvalue weighted by atomic mass is 10.1. The molecule has 0 aliphatic rings. The van der Waals surface area contributed by atoms with Gasteiger partial charge in [-0.1, -0.05) is 35.0 Å². The number of nitrogens with zero attached hydrogens (tertiary/aromatic N) is 1. The van der Waals surface area contributed by atoms with Crippen LogP contribution in [0.5, 0.6) is 0 Å². The standard InChI is InChI=1S/C16H21BrN2O/c1-3-14-8-9-16(20-14)15(10-18)19(2)11-12-4-6-13(17)7-5-12/h4-9,15H,3,10-11,18H2,1-2H3. The smallest absolute Gasteiger partial charge is 0.122 e. The molecule has 1 aromatic heterocycles. The van der Waals surface area contributed by atoms with E-state index in [9.17, 15) is 0 Å². The van der Waals surface area contributed by atoms with Crippen LogP contribution in [0.1, 0.15) is 30.0 Å². The number of hydrogen-bond donors (Lipinski definition) is 1. The van der Waals surface area contributed by atoms with Gasteiger partial charge >= 0.3 is 0 Å². The average Bonchev–Trinajstić information content (AvgIpc) is 2.91. The summed E-state index contributed by atoms with van der Waals surface area (Å²) in [6.45, 7) is 3.48. The third kappa shape index (κ3) is 3.72. The van der Waals surface area contributed by atoms with Crippen molar-refractivity contribution in [1.29, 1.82) is 0 Å². The van der Waals surface area contributed by atoms with E-state index in [1.807, 2.05) is 12.1 Å². The number of likely N-dealkylation sites (N-methyl/N-ethyl adjacent to an activating group) is 1. The summed E-state index contributed by atoms with van der Waals surface area (Å²) in [5, 5.41) is 0. The molecule has 0 bridgehead atoms. The van der Waals surface area contributed by atoms with Crippen molar-refractivity contribution in [2.75, 3.05) is 13.6 Å². The Balaban J connectivity index is 2.08. The summed E-state index contributed by atoms with van der Waals surface area (Å²) in [5.74, 6) is 1.96. The fraction of sp³-hybridized carbons (Fsp3) is 0.375. The molecule has 0 radical (unpaired) electrons. The third-order valence-corrected chi connectivity index (χ3v) is 3.99. The molecule has 0 saturated heterocycles. The summed E-state index contributed by atoms with van der Waals surface area (Å²) >= 11 is 3.45. The van der Waals surface area contributed by atoms with Crippen LogP contribution in [0.3, 0.4) is 0 Å². The SMILES string of the molecule is CCc1ccc(C(CN)N(C)Cc2ccc(Br)cc2)o1. The lowest BCUT2D eigenvalue weighted by molar-refractivity contribution is 0.210. The maximum atomic E-state index is 5.93. The van der Waals surface area contributed by atoms with Crippen molar-refractivity contribution >= 4 is 15.9 Å². The minimum absolute atomic E-state index is 0.110. The molecule has 0 aliphatic heterocycles. The Morgan fingerprint density at radius 1 is 1.20 bits per heavy atom. The van der Waals surface area contributed by atoms with Gasteiger partial charge in [-0.05, 0) is 36.9 Å². The first-order chi connectivity index (χ1) is 9.63. The first-order valence-corrected chi connectivity index (χ1v) is 7.66. The molecule has 0 spiro atoms. The third-order valence-electron chi connectivity index (χ3n) is 3.46. The first-order valence-electron chi connectivity index (χ1n) is 6.87. The number of benzene rings is 1. The molecule has 2 rings (SSSR count). The fourth-order valence-corrected chi connectivity index (χ4v) is 2.53. The minimum Gasteiger partial charge on any atom is -0.464 e. The molecule has 108 valence electrons. The zero-order valence-corrected chi connectivity index (χ0v) is 13.6. The Labute approximate surface area is 128 Å². The van der Waals surface area contributed by atoms with Crippen LogP contribution in [0.25, 0.3) is 0 Å². The van der Waals surface area contributed by atoms with E-state index in [0.717, 1.165) is 29.0 Å². The Bertz CT molecular complexity index is 536. The Morgan fingerprint density at radius 3 is 2.45 bits per heavy atom. The zero-order chi connectivity index (χ0) is 14.5. The van der Waals surface area contributed by atoms with E-state index in [0.29, 0.717) is 6.54 Å². The van der Waals surface area contributed by atoms with Gasteiger partial charge in [0.1, 0.15) is 11.5 Å². The van der Waals surface area contributed by atoms with E-state index in [1.54, 1.807) is 0 Å². The molecule has 2 aromatic rings. The van der Waals surface area contributed by atoms with Gasteiger partial charge in [-0.2, -0.15) is 0 Å². The van der Waals surface area contributed by atoms with Gasteiger partial charge < -0.3 is 10.2 Å². The highest BCUT2D eigenvalue weighted by Gasteiger charge is 2.19. The molecular formula is C16H21BrN2O. The molecule has 4 heteroatoms. The summed E-state index contributed by atoms with van der Waals surface area (Å²) in [6, 6.07) is 12.5. The highest BCUT2D eigenvalue weighted by Crippen LogP contribution is 2.23. The quantitative estimate of drug-likeness (QED) is 0.873. The number of rotatable bonds is 6. The summed E-state index contributed by atoms with van der Waals surface area (Å²) in [5.41, 5.74) is 7.19. The maximum Gasteiger partial charge on any atom is 0.122 e. The zero-order valence-electron chi connectivity index (χ0n) is 12.0. The van der Waals surface area contributed by atoms with E-state index in [2.05, 4.69) is 59.1 Å². The number of nitrogens with two attached hydrogens (primary N) is 1. The van der Waals surface area contributed by atoms with Crippen molar-refractivity contribution in [3.8, 4) is 0 Å². The number of aryl methyl sites for hydroxylation is 1. The molecule has 1 unspecified atom stereocenters. The highest BCUT2D eigenvalue weighted by atomic mass is 79.9. The van der Waals surface area contributed by atoms with Crippen LogP contribution in [0.2, 0.25) is 0 Å². The summed E-state index contributed by atoms with van der Waals surface area (Å²) in [6.07, 6.45) is 0.910. The van der Waals surface area contributed by atoms with Gasteiger partial charge in [0, 0.05) is 24.0 Å². The second kappa shape index (κ2) is 7.07. The molecule has 1 atom stereocenters. The van der Waals surface area contributed by atoms with E-state index in [-0.39, 0.29) is 6.04 Å². The van der Waals surface area contributed by atoms with Gasteiger partial charge in [-0.15, -0.1) is 0 Å². The van der Waals surface area contributed by atoms with Gasteiger partial charge in [0.25, 0.3) is 0 Å². The summed E-state index contributed by atoms with van der Waals surface area (Å²) in [4.78, 5) is 2.22. The van der Waals surface area contributed by atoms with E-state index in [4.69, 9.17) is 10.2 Å². The largest absolute Gasteiger partial charge is 0.464 e. The van der Waals surface area contributed by atoms with Crippen LogP contribution >= 0.6 is 15.9 Å². The molecule has 2 N–H and O–H groups in total. The Hall–Kier alpha value is -1.10. The number of hydrogen-bond acceptors (Lipinski definition) is 3. The number of halogens is 1. The molecule has 0 aliphatic carbocycles. The van der Waals surface area contributed by atoms with Crippen molar-refractivity contribution in [1.82, 2.24) is 4.90 Å². The lowest BCUT2D eigenvalue weighted by Crippen LogP contribution is -2.29. The van der Waals surface area contributed by atoms with Crippen LogP contribution in [0, 0.1) is 0 Å². The number of furan rings is 1. The van der Waals surface area contributed by atoms with Gasteiger partial charge in [-0.3, -0.25) is 4.90 Å². The predicted molar refractivity (Wildman–Crippen MR) is 85.5 cm³/mol. The van der Waals surface area contributed by atoms with Crippen LogP contribution in [0.4, 0.5) is 0 Å². The molecular weight excluding hydrogens is 316 g/mol. The maximum absolute atomic E-state index is 5.93. The normalized spacial score (nSPS) is 12.8. The van der Waals surface area contributed by atoms with Crippen LogP contribution in [-0.4, -0.2) is 18.5 Å². The summed E-state index contributed by atoms with van der Waals surface area (Å²) in [7, 11) is 2.08. The van der Waals surface area contributed by atoms with Crippen molar-refractivity contribution in [3.05, 3.63) is 58.0 Å². The van der Waals surface area contributed by atoms with Crippen molar-refractivity contribution in [2.24, 2.45) is 5.73 Å². The molecule has 1 heterocycles. The van der Waals surface area contributed by atoms with Crippen molar-refractivity contribution < 1.29 is 4.42 Å². The van der Waals surface area contributed by atoms with E-state index < -0.39 is 0 Å². The van der Waals surface area contributed by atoms with Crippen molar-refractivity contribution in [2.45, 2.75) is 25.9 Å². The average molecular weight is 337 g/mol. The molecule has 0 fully saturated rings. The van der Waals surface area contributed by atoms with Gasteiger partial charge in [0.05, 0.1) is 6.04 Å². The minimum atomic E-state index is 0.110. The van der Waals surface area contributed by atoms with Crippen LogP contribution < -0.4 is 5.73 Å². The second-order valence-corrected chi connectivity index (χ2v) is 5.87. The lowest BCUT2D eigenvalue weighted by Gasteiger charge is -2.25. The molecule has 1 aromatic carbocycles. The van der Waals surface area contributed by atoms with Gasteiger partial charge in [0.2, 0.25) is 0 Å². The van der Waals surface area contributed by atoms with E-state index >= 15 is 0 Å². The topological polar surface area (TPSA) is 42.4 Å². The van der Waals surface area contributed by atoms with Gasteiger partial charge in [0.15, 0.2) is 0 Å². The Kier molecular flexibility index (Phi) is 5.40. The summed E-state index contributed by atoms with van der Waals surface area (Å²) < 4.78 is 6.93. The van der Waals surface area contributed by atoms with Crippen molar-refractivity contribution in [3.63, 3.8) is 0 Å². The Morgan fingerprint density at radius 2 is 1.90 bits per heavy atom. The fourth-order valence-electron chi connectivity index (χ4n) is 2.26. The highest BCUT2D eigenvalue weighted by molar-refractivity contribution is 9.10. The van der Waals surface area contributed by atoms with Crippen LogP contribution in [-0.2, 0) is 13.0 Å². The first kappa shape index (κ1) is 15.3. The second-order valence-electron chi connectivity index (χ2n) is 4.95. The van der Waals surface area contributed by atoms with Gasteiger partial charge in [-0.25, -0.2) is 0 Å². The molecule has 0 amide bonds. The molecule has 3 nitrogen and oxygen atoms in total.